The molecule has 2 heterocycles. The van der Waals surface area contributed by atoms with Crippen LogP contribution >= 0.6 is 36.2 Å². The van der Waals surface area contributed by atoms with Crippen LogP contribution in [0.1, 0.15) is 34.8 Å². The number of hydrogen-bond acceptors (Lipinski definition) is 4. The number of aryl methyl sites for hydroxylation is 2. The number of rotatable bonds is 3. The first-order valence-corrected chi connectivity index (χ1v) is 8.10. The number of alkyl halides is 2. The van der Waals surface area contributed by atoms with Crippen LogP contribution < -0.4 is 5.32 Å². The van der Waals surface area contributed by atoms with E-state index in [1.165, 1.54) is 22.6 Å². The fourth-order valence-corrected chi connectivity index (χ4v) is 4.12. The van der Waals surface area contributed by atoms with Crippen molar-refractivity contribution in [2.45, 2.75) is 50.6 Å². The molecule has 1 atom stereocenters. The summed E-state index contributed by atoms with van der Waals surface area (Å²) in [6.07, 6.45) is 4.04. The third-order valence-electron chi connectivity index (χ3n) is 4.05. The van der Waals surface area contributed by atoms with Crippen molar-refractivity contribution in [3.05, 3.63) is 15.6 Å². The number of carbonyl (C=O) groups is 1. The van der Waals surface area contributed by atoms with Gasteiger partial charge in [0.05, 0.1) is 24.8 Å². The number of carbonyl (C=O) groups excluding carboxylic acids is 1. The van der Waals surface area contributed by atoms with Crippen molar-refractivity contribution in [3.8, 4) is 0 Å². The van der Waals surface area contributed by atoms with Crippen LogP contribution in [0, 0.1) is 0 Å². The Balaban J connectivity index is 0.00000132. The van der Waals surface area contributed by atoms with Crippen molar-refractivity contribution in [2.24, 2.45) is 0 Å². The minimum Gasteiger partial charge on any atom is -0.338 e. The molecule has 4 nitrogen and oxygen atoms in total. The molecular formula is C14H21Cl2F2N3OS. The van der Waals surface area contributed by atoms with Gasteiger partial charge in [0.15, 0.2) is 0 Å². The van der Waals surface area contributed by atoms with E-state index >= 15 is 0 Å². The highest BCUT2D eigenvalue weighted by atomic mass is 35.5. The number of nitrogens with zero attached hydrogens (tertiary/aromatic N) is 2. The fraction of sp³-hybridized carbons (Fsp3) is 0.714. The van der Waals surface area contributed by atoms with Gasteiger partial charge in [0.25, 0.3) is 5.92 Å². The third kappa shape index (κ3) is 4.75. The van der Waals surface area contributed by atoms with Gasteiger partial charge in [-0.05, 0) is 25.7 Å². The Kier molecular flexibility index (Phi) is 7.19. The molecular weight excluding hydrogens is 367 g/mol. The minimum atomic E-state index is -2.78. The van der Waals surface area contributed by atoms with Gasteiger partial charge in [-0.25, -0.2) is 13.8 Å². The number of amides is 1. The van der Waals surface area contributed by atoms with Crippen LogP contribution in [-0.2, 0) is 24.2 Å². The number of halogens is 4. The van der Waals surface area contributed by atoms with Gasteiger partial charge in [-0.1, -0.05) is 0 Å². The Morgan fingerprint density at radius 1 is 1.39 bits per heavy atom. The normalized spacial score (nSPS) is 21.8. The molecule has 1 aliphatic carbocycles. The van der Waals surface area contributed by atoms with E-state index in [1.54, 1.807) is 18.4 Å². The molecule has 1 amide bonds. The first kappa shape index (κ1) is 20.5. The molecule has 1 aliphatic heterocycles. The molecule has 0 bridgehead atoms. The second-order valence-corrected chi connectivity index (χ2v) is 7.04. The van der Waals surface area contributed by atoms with E-state index in [1.807, 2.05) is 0 Å². The van der Waals surface area contributed by atoms with Gasteiger partial charge >= 0.3 is 0 Å². The number of fused-ring (bicyclic) bond motifs is 1. The Morgan fingerprint density at radius 3 is 2.70 bits per heavy atom. The summed E-state index contributed by atoms with van der Waals surface area (Å²) < 4.78 is 26.3. The zero-order valence-electron chi connectivity index (χ0n) is 12.8. The average Bonchev–Trinajstić information content (AvgIpc) is 3.00. The van der Waals surface area contributed by atoms with Crippen LogP contribution in [0.4, 0.5) is 8.78 Å². The number of nitrogens with one attached hydrogen (secondary N) is 1. The van der Waals surface area contributed by atoms with Crippen molar-refractivity contribution in [3.63, 3.8) is 0 Å². The van der Waals surface area contributed by atoms with E-state index in [9.17, 15) is 13.6 Å². The summed E-state index contributed by atoms with van der Waals surface area (Å²) in [5.74, 6) is -3.05. The van der Waals surface area contributed by atoms with Crippen LogP contribution in [-0.4, -0.2) is 41.3 Å². The van der Waals surface area contributed by atoms with E-state index in [-0.39, 0.29) is 30.7 Å². The average molecular weight is 388 g/mol. The predicted octanol–water partition coefficient (Wildman–Crippen LogP) is 2.82. The fourth-order valence-electron chi connectivity index (χ4n) is 2.91. The molecule has 23 heavy (non-hydrogen) atoms. The van der Waals surface area contributed by atoms with Crippen LogP contribution in [0.2, 0.25) is 0 Å². The lowest BCUT2D eigenvalue weighted by Crippen LogP contribution is -2.41. The molecule has 0 spiro atoms. The summed E-state index contributed by atoms with van der Waals surface area (Å²) in [4.78, 5) is 19.6. The smallest absolute Gasteiger partial charge is 0.262 e. The first-order chi connectivity index (χ1) is 9.94. The molecule has 3 rings (SSSR count). The molecule has 0 radical (unpaired) electrons. The lowest BCUT2D eigenvalue weighted by Gasteiger charge is -2.19. The maximum Gasteiger partial charge on any atom is 0.262 e. The zero-order valence-corrected chi connectivity index (χ0v) is 15.3. The Labute approximate surface area is 150 Å². The summed E-state index contributed by atoms with van der Waals surface area (Å²) in [7, 11) is 1.65. The molecule has 132 valence electrons. The summed E-state index contributed by atoms with van der Waals surface area (Å²) in [5.41, 5.74) is 1.16. The number of likely N-dealkylation sites (N-methyl/N-ethyl adjacent to an activating group) is 1. The molecule has 1 aromatic rings. The van der Waals surface area contributed by atoms with Gasteiger partial charge in [0, 0.05) is 18.3 Å². The second kappa shape index (κ2) is 8.05. The second-order valence-electron chi connectivity index (χ2n) is 5.87. The molecule has 1 fully saturated rings. The van der Waals surface area contributed by atoms with Crippen molar-refractivity contribution < 1.29 is 13.6 Å². The minimum absolute atomic E-state index is 0. The molecule has 0 aromatic carbocycles. The van der Waals surface area contributed by atoms with Gasteiger partial charge in [-0.15, -0.1) is 36.2 Å². The summed E-state index contributed by atoms with van der Waals surface area (Å²) in [6, 6.07) is -0.778. The topological polar surface area (TPSA) is 45.2 Å². The summed E-state index contributed by atoms with van der Waals surface area (Å²) >= 11 is 1.65. The Morgan fingerprint density at radius 2 is 2.09 bits per heavy atom. The maximum absolute atomic E-state index is 13.2. The van der Waals surface area contributed by atoms with Crippen LogP contribution in [0.15, 0.2) is 0 Å². The summed E-state index contributed by atoms with van der Waals surface area (Å²) in [5, 5.41) is 3.51. The molecule has 1 unspecified atom stereocenters. The van der Waals surface area contributed by atoms with Gasteiger partial charge in [-0.3, -0.25) is 10.1 Å². The number of thiazole rings is 1. The first-order valence-electron chi connectivity index (χ1n) is 7.28. The SMILES string of the molecule is CN(Cc1nc2c(s1)CCCC2)C(=O)C1CC(F)(F)CN1.Cl.Cl. The highest BCUT2D eigenvalue weighted by molar-refractivity contribution is 7.11. The third-order valence-corrected chi connectivity index (χ3v) is 5.19. The molecule has 1 N–H and O–H groups in total. The van der Waals surface area contributed by atoms with Crippen LogP contribution in [0.5, 0.6) is 0 Å². The Hall–Kier alpha value is -0.500. The highest BCUT2D eigenvalue weighted by Crippen LogP contribution is 2.28. The summed E-state index contributed by atoms with van der Waals surface area (Å²) in [6.45, 7) is -0.0109. The Bertz CT molecular complexity index is 533. The standard InChI is InChI=1S/C14H19F2N3OS.2ClH/c1-19(13(20)10-6-14(15,16)8-17-10)7-12-18-9-4-2-3-5-11(9)21-12;;/h10,17H,2-8H2,1H3;2*1H. The lowest BCUT2D eigenvalue weighted by molar-refractivity contribution is -0.132. The van der Waals surface area contributed by atoms with E-state index in [0.717, 1.165) is 23.5 Å². The number of hydrogen-bond donors (Lipinski definition) is 1. The van der Waals surface area contributed by atoms with Crippen LogP contribution in [0.3, 0.4) is 0 Å². The van der Waals surface area contributed by atoms with E-state index in [4.69, 9.17) is 0 Å². The largest absolute Gasteiger partial charge is 0.338 e. The molecule has 2 aliphatic rings. The van der Waals surface area contributed by atoms with Crippen molar-refractivity contribution in [1.82, 2.24) is 15.2 Å². The van der Waals surface area contributed by atoms with E-state index < -0.39 is 24.9 Å². The zero-order chi connectivity index (χ0) is 15.0. The quantitative estimate of drug-likeness (QED) is 0.866. The number of aromatic nitrogens is 1. The van der Waals surface area contributed by atoms with Gasteiger partial charge in [0.2, 0.25) is 5.91 Å². The molecule has 0 saturated carbocycles. The van der Waals surface area contributed by atoms with Gasteiger partial charge < -0.3 is 4.90 Å². The van der Waals surface area contributed by atoms with E-state index in [0.29, 0.717) is 6.54 Å². The highest BCUT2D eigenvalue weighted by Gasteiger charge is 2.43. The monoisotopic (exact) mass is 387 g/mol. The van der Waals surface area contributed by atoms with Gasteiger partial charge in [0.1, 0.15) is 5.01 Å². The van der Waals surface area contributed by atoms with E-state index in [2.05, 4.69) is 10.3 Å². The van der Waals surface area contributed by atoms with Crippen LogP contribution in [0.25, 0.3) is 0 Å². The van der Waals surface area contributed by atoms with Crippen molar-refractivity contribution in [1.29, 1.82) is 0 Å². The van der Waals surface area contributed by atoms with Crippen molar-refractivity contribution in [2.75, 3.05) is 13.6 Å². The van der Waals surface area contributed by atoms with Crippen molar-refractivity contribution >= 4 is 42.1 Å². The maximum atomic E-state index is 13.2. The predicted molar refractivity (Wildman–Crippen MR) is 91.1 cm³/mol. The lowest BCUT2D eigenvalue weighted by atomic mass is 10.0. The molecule has 1 saturated heterocycles. The molecule has 9 heteroatoms. The van der Waals surface area contributed by atoms with Gasteiger partial charge in [-0.2, -0.15) is 0 Å². The molecule has 1 aromatic heterocycles.